The highest BCUT2D eigenvalue weighted by Gasteiger charge is 1.94. The van der Waals surface area contributed by atoms with Crippen molar-refractivity contribution in [2.75, 3.05) is 5.43 Å². The Morgan fingerprint density at radius 2 is 2.43 bits per heavy atom. The minimum absolute atomic E-state index is 0.543. The fraction of sp³-hybridized carbons (Fsp3) is 0.125. The van der Waals surface area contributed by atoms with Gasteiger partial charge >= 0.3 is 0 Å². The maximum Gasteiger partial charge on any atom is 0.214 e. The highest BCUT2D eigenvalue weighted by molar-refractivity contribution is 7.71. The van der Waals surface area contributed by atoms with Crippen LogP contribution in [0.15, 0.2) is 30.7 Å². The van der Waals surface area contributed by atoms with E-state index in [9.17, 15) is 0 Å². The number of nitrogens with one attached hydrogen (secondary N) is 2. The molecule has 0 amide bonds. The Kier molecular flexibility index (Phi) is 2.55. The third-order valence-corrected chi connectivity index (χ3v) is 2.00. The molecular formula is C8H9N5S. The lowest BCUT2D eigenvalue weighted by atomic mass is 10.4. The maximum absolute atomic E-state index is 4.96. The summed E-state index contributed by atoms with van der Waals surface area (Å²) in [5, 5.41) is 6.43. The summed E-state index contributed by atoms with van der Waals surface area (Å²) in [5.74, 6) is 0. The number of hydrogen-bond donors (Lipinski definition) is 2. The van der Waals surface area contributed by atoms with E-state index in [1.807, 2.05) is 18.2 Å². The van der Waals surface area contributed by atoms with Crippen molar-refractivity contribution >= 4 is 12.2 Å². The molecular weight excluding hydrogens is 198 g/mol. The van der Waals surface area contributed by atoms with Crippen molar-refractivity contribution in [2.24, 2.45) is 0 Å². The number of nitrogens with zero attached hydrogens (tertiary/aromatic N) is 3. The number of hydrogen-bond acceptors (Lipinski definition) is 4. The number of pyridine rings is 1. The number of H-pyrrole nitrogens is 1. The van der Waals surface area contributed by atoms with Crippen LogP contribution in [0.1, 0.15) is 5.69 Å². The summed E-state index contributed by atoms with van der Waals surface area (Å²) in [6.07, 6.45) is 3.34. The quantitative estimate of drug-likeness (QED) is 0.739. The van der Waals surface area contributed by atoms with Gasteiger partial charge in [-0.1, -0.05) is 6.07 Å². The number of aromatic nitrogens is 4. The molecule has 2 heterocycles. The van der Waals surface area contributed by atoms with Gasteiger partial charge in [0, 0.05) is 6.20 Å². The summed E-state index contributed by atoms with van der Waals surface area (Å²) < 4.78 is 2.19. The van der Waals surface area contributed by atoms with Crippen LogP contribution in [0.4, 0.5) is 0 Å². The van der Waals surface area contributed by atoms with Gasteiger partial charge in [0.05, 0.1) is 12.2 Å². The Morgan fingerprint density at radius 1 is 1.50 bits per heavy atom. The first-order chi connectivity index (χ1) is 6.86. The van der Waals surface area contributed by atoms with Gasteiger partial charge in [-0.05, 0) is 24.4 Å². The minimum Gasteiger partial charge on any atom is -0.316 e. The fourth-order valence-corrected chi connectivity index (χ4v) is 1.19. The van der Waals surface area contributed by atoms with Crippen LogP contribution in [0.25, 0.3) is 0 Å². The SMILES string of the molecule is S=c1[nH]ncn1NCc1ccccn1. The molecule has 5 nitrogen and oxygen atoms in total. The molecule has 0 saturated heterocycles. The smallest absolute Gasteiger partial charge is 0.214 e. The van der Waals surface area contributed by atoms with Crippen molar-refractivity contribution in [3.8, 4) is 0 Å². The van der Waals surface area contributed by atoms with Crippen molar-refractivity contribution in [2.45, 2.75) is 6.54 Å². The van der Waals surface area contributed by atoms with Gasteiger partial charge in [0.25, 0.3) is 0 Å². The molecule has 2 rings (SSSR count). The predicted molar refractivity (Wildman–Crippen MR) is 54.7 cm³/mol. The fourth-order valence-electron chi connectivity index (χ4n) is 1.03. The lowest BCUT2D eigenvalue weighted by Gasteiger charge is -2.04. The van der Waals surface area contributed by atoms with Gasteiger partial charge in [-0.3, -0.25) is 10.1 Å². The summed E-state index contributed by atoms with van der Waals surface area (Å²) in [6, 6.07) is 5.77. The summed E-state index contributed by atoms with van der Waals surface area (Å²) in [4.78, 5) is 4.17. The van der Waals surface area contributed by atoms with Crippen LogP contribution in [-0.4, -0.2) is 19.9 Å². The molecule has 0 bridgehead atoms. The topological polar surface area (TPSA) is 58.5 Å². The van der Waals surface area contributed by atoms with Gasteiger partial charge in [-0.15, -0.1) is 0 Å². The molecule has 72 valence electrons. The van der Waals surface area contributed by atoms with Gasteiger partial charge in [-0.2, -0.15) is 5.10 Å². The van der Waals surface area contributed by atoms with Gasteiger partial charge in [0.2, 0.25) is 4.77 Å². The van der Waals surface area contributed by atoms with E-state index in [1.54, 1.807) is 17.2 Å². The van der Waals surface area contributed by atoms with Gasteiger partial charge < -0.3 is 5.43 Å². The third-order valence-electron chi connectivity index (χ3n) is 1.71. The van der Waals surface area contributed by atoms with E-state index in [4.69, 9.17) is 12.2 Å². The van der Waals surface area contributed by atoms with Crippen LogP contribution >= 0.6 is 12.2 Å². The molecule has 2 aromatic rings. The van der Waals surface area contributed by atoms with E-state index in [1.165, 1.54) is 0 Å². The molecule has 6 heteroatoms. The lowest BCUT2D eigenvalue weighted by Crippen LogP contribution is -2.13. The molecule has 0 atom stereocenters. The zero-order chi connectivity index (χ0) is 9.80. The van der Waals surface area contributed by atoms with Gasteiger partial charge in [0.15, 0.2) is 0 Å². The molecule has 0 saturated carbocycles. The first kappa shape index (κ1) is 8.89. The summed E-state index contributed by atoms with van der Waals surface area (Å²) in [5.41, 5.74) is 4.02. The van der Waals surface area contributed by atoms with Crippen LogP contribution in [-0.2, 0) is 6.54 Å². The van der Waals surface area contributed by atoms with Crippen molar-refractivity contribution in [1.29, 1.82) is 0 Å². The molecule has 0 aliphatic carbocycles. The van der Waals surface area contributed by atoms with Crippen molar-refractivity contribution < 1.29 is 0 Å². The average Bonchev–Trinajstić information content (AvgIpc) is 2.63. The zero-order valence-electron chi connectivity index (χ0n) is 7.34. The van der Waals surface area contributed by atoms with Crippen LogP contribution in [0.5, 0.6) is 0 Å². The molecule has 0 aliphatic heterocycles. The maximum atomic E-state index is 4.96. The Bertz CT molecular complexity index is 446. The van der Waals surface area contributed by atoms with Gasteiger partial charge in [-0.25, -0.2) is 4.68 Å². The van der Waals surface area contributed by atoms with Crippen LogP contribution in [0.3, 0.4) is 0 Å². The minimum atomic E-state index is 0.543. The van der Waals surface area contributed by atoms with Crippen LogP contribution in [0, 0.1) is 4.77 Å². The summed E-state index contributed by atoms with van der Waals surface area (Å²) >= 11 is 4.96. The number of rotatable bonds is 3. The largest absolute Gasteiger partial charge is 0.316 e. The second-order valence-corrected chi connectivity index (χ2v) is 3.07. The number of aromatic amines is 1. The molecule has 2 N–H and O–H groups in total. The second-order valence-electron chi connectivity index (χ2n) is 2.69. The molecule has 2 aromatic heterocycles. The van der Waals surface area contributed by atoms with Crippen molar-refractivity contribution in [1.82, 2.24) is 19.9 Å². The average molecular weight is 207 g/mol. The standard InChI is InChI=1S/C8H9N5S/c14-8-12-10-6-13(8)11-5-7-3-1-2-4-9-7/h1-4,6,11H,5H2,(H,12,14). The Balaban J connectivity index is 2.02. The zero-order valence-corrected chi connectivity index (χ0v) is 8.16. The Morgan fingerprint density at radius 3 is 3.07 bits per heavy atom. The molecule has 0 aliphatic rings. The van der Waals surface area contributed by atoms with E-state index in [2.05, 4.69) is 20.6 Å². The molecule has 0 unspecified atom stereocenters. The van der Waals surface area contributed by atoms with E-state index >= 15 is 0 Å². The van der Waals surface area contributed by atoms with Crippen molar-refractivity contribution in [3.63, 3.8) is 0 Å². The lowest BCUT2D eigenvalue weighted by molar-refractivity contribution is 0.809. The molecule has 0 spiro atoms. The summed E-state index contributed by atoms with van der Waals surface area (Å²) in [7, 11) is 0. The first-order valence-electron chi connectivity index (χ1n) is 4.12. The van der Waals surface area contributed by atoms with Crippen LogP contribution in [0.2, 0.25) is 0 Å². The highest BCUT2D eigenvalue weighted by Crippen LogP contribution is 1.93. The molecule has 0 fully saturated rings. The normalized spacial score (nSPS) is 10.0. The Hall–Kier alpha value is -1.69. The predicted octanol–water partition coefficient (Wildman–Crippen LogP) is 1.08. The third kappa shape index (κ3) is 1.97. The Labute approximate surface area is 85.8 Å². The molecule has 14 heavy (non-hydrogen) atoms. The first-order valence-corrected chi connectivity index (χ1v) is 4.53. The highest BCUT2D eigenvalue weighted by atomic mass is 32.1. The van der Waals surface area contributed by atoms with E-state index < -0.39 is 0 Å². The van der Waals surface area contributed by atoms with E-state index in [-0.39, 0.29) is 0 Å². The van der Waals surface area contributed by atoms with Crippen LogP contribution < -0.4 is 5.43 Å². The monoisotopic (exact) mass is 207 g/mol. The van der Waals surface area contributed by atoms with E-state index in [0.717, 1.165) is 5.69 Å². The molecule has 0 radical (unpaired) electrons. The van der Waals surface area contributed by atoms with Gasteiger partial charge in [0.1, 0.15) is 6.33 Å². The van der Waals surface area contributed by atoms with E-state index in [0.29, 0.717) is 11.3 Å². The van der Waals surface area contributed by atoms with Crippen molar-refractivity contribution in [3.05, 3.63) is 41.2 Å². The molecule has 0 aromatic carbocycles. The summed E-state index contributed by atoms with van der Waals surface area (Å²) in [6.45, 7) is 0.620. The second kappa shape index (κ2) is 4.01.